The minimum atomic E-state index is -0.996. The minimum Gasteiger partial charge on any atom is -0.418 e. The van der Waals surface area contributed by atoms with Gasteiger partial charge in [-0.2, -0.15) is 0 Å². The molecular weight excluding hydrogens is 454 g/mol. The molecule has 11 heteroatoms. The number of urea groups is 1. The largest absolute Gasteiger partial charge is 0.418 e. The van der Waals surface area contributed by atoms with E-state index in [-0.39, 0.29) is 36.3 Å². The van der Waals surface area contributed by atoms with E-state index in [0.29, 0.717) is 6.42 Å². The third-order valence-electron chi connectivity index (χ3n) is 5.57. The summed E-state index contributed by atoms with van der Waals surface area (Å²) in [6, 6.07) is 5.20. The molecule has 2 heterocycles. The number of rotatable bonds is 11. The molecule has 1 fully saturated rings. The summed E-state index contributed by atoms with van der Waals surface area (Å²) >= 11 is 0. The van der Waals surface area contributed by atoms with Crippen molar-refractivity contribution in [3.05, 3.63) is 47.2 Å². The Morgan fingerprint density at radius 1 is 1.20 bits per heavy atom. The molecule has 186 valence electrons. The number of aryl methyl sites for hydroxylation is 1. The van der Waals surface area contributed by atoms with Crippen molar-refractivity contribution in [2.24, 2.45) is 5.92 Å². The number of amides is 4. The van der Waals surface area contributed by atoms with Gasteiger partial charge in [0.15, 0.2) is 0 Å². The second kappa shape index (κ2) is 11.0. The van der Waals surface area contributed by atoms with Gasteiger partial charge in [-0.15, -0.1) is 10.2 Å². The number of Topliss-reactive ketones (excluding diaryl/α,β-unsaturated/α-hetero) is 2. The lowest BCUT2D eigenvalue weighted by atomic mass is 9.99. The first-order valence-electron chi connectivity index (χ1n) is 11.4. The Morgan fingerprint density at radius 2 is 1.94 bits per heavy atom. The van der Waals surface area contributed by atoms with Gasteiger partial charge in [0.2, 0.25) is 17.6 Å². The van der Waals surface area contributed by atoms with Crippen LogP contribution < -0.4 is 10.6 Å². The molecule has 0 bridgehead atoms. The predicted octanol–water partition coefficient (Wildman–Crippen LogP) is 1.58. The van der Waals surface area contributed by atoms with Crippen LogP contribution >= 0.6 is 0 Å². The molecule has 1 saturated heterocycles. The molecule has 1 aromatic heterocycles. The van der Waals surface area contributed by atoms with Crippen LogP contribution in [0.5, 0.6) is 0 Å². The van der Waals surface area contributed by atoms with E-state index in [1.807, 2.05) is 31.2 Å². The zero-order chi connectivity index (χ0) is 25.7. The Labute approximate surface area is 202 Å². The van der Waals surface area contributed by atoms with E-state index in [0.717, 1.165) is 16.0 Å². The highest BCUT2D eigenvalue weighted by Gasteiger charge is 2.39. The Hall–Kier alpha value is -3.89. The average molecular weight is 484 g/mol. The molecule has 2 unspecified atom stereocenters. The highest BCUT2D eigenvalue weighted by Crippen LogP contribution is 2.15. The van der Waals surface area contributed by atoms with Crippen LogP contribution in [-0.2, 0) is 20.8 Å². The van der Waals surface area contributed by atoms with Crippen LogP contribution in [0.3, 0.4) is 0 Å². The predicted molar refractivity (Wildman–Crippen MR) is 123 cm³/mol. The maximum absolute atomic E-state index is 13.0. The molecule has 2 N–H and O–H groups in total. The van der Waals surface area contributed by atoms with Crippen molar-refractivity contribution >= 4 is 29.4 Å². The number of benzene rings is 1. The normalized spacial score (nSPS) is 16.4. The Morgan fingerprint density at radius 3 is 2.60 bits per heavy atom. The van der Waals surface area contributed by atoms with Crippen molar-refractivity contribution in [1.82, 2.24) is 25.7 Å². The number of carbonyl (C=O) groups excluding carboxylic acids is 5. The van der Waals surface area contributed by atoms with Crippen LogP contribution in [0.25, 0.3) is 0 Å². The molecular formula is C24H29N5O6. The highest BCUT2D eigenvalue weighted by atomic mass is 16.4. The lowest BCUT2D eigenvalue weighted by molar-refractivity contribution is -0.132. The second-order valence-electron chi connectivity index (χ2n) is 8.99. The number of hydrogen-bond acceptors (Lipinski definition) is 8. The van der Waals surface area contributed by atoms with Gasteiger partial charge < -0.3 is 19.8 Å². The minimum absolute atomic E-state index is 0.107. The van der Waals surface area contributed by atoms with E-state index in [4.69, 9.17) is 4.42 Å². The fraction of sp³-hybridized carbons (Fsp3) is 0.458. The number of hydrogen-bond donors (Lipinski definition) is 2. The van der Waals surface area contributed by atoms with Crippen LogP contribution in [0, 0.1) is 12.8 Å². The van der Waals surface area contributed by atoms with E-state index in [2.05, 4.69) is 20.8 Å². The maximum Gasteiger partial charge on any atom is 0.325 e. The van der Waals surface area contributed by atoms with E-state index in [9.17, 15) is 24.0 Å². The van der Waals surface area contributed by atoms with Crippen LogP contribution in [0.1, 0.15) is 61.3 Å². The molecule has 0 aliphatic carbocycles. The lowest BCUT2D eigenvalue weighted by Gasteiger charge is -2.21. The van der Waals surface area contributed by atoms with Gasteiger partial charge in [0.05, 0.1) is 12.5 Å². The summed E-state index contributed by atoms with van der Waals surface area (Å²) in [4.78, 5) is 62.2. The summed E-state index contributed by atoms with van der Waals surface area (Å²) in [6.07, 6.45) is 0.654. The van der Waals surface area contributed by atoms with Gasteiger partial charge >= 0.3 is 6.03 Å². The number of ketones is 2. The van der Waals surface area contributed by atoms with Gasteiger partial charge in [-0.25, -0.2) is 4.79 Å². The fourth-order valence-corrected chi connectivity index (χ4v) is 3.72. The zero-order valence-corrected chi connectivity index (χ0v) is 20.2. The molecule has 1 aromatic carbocycles. The molecule has 0 saturated carbocycles. The van der Waals surface area contributed by atoms with Gasteiger partial charge in [0.25, 0.3) is 11.8 Å². The summed E-state index contributed by atoms with van der Waals surface area (Å²) in [5.74, 6) is -2.24. The number of nitrogens with one attached hydrogen (secondary N) is 2. The summed E-state index contributed by atoms with van der Waals surface area (Å²) < 4.78 is 5.55. The van der Waals surface area contributed by atoms with Gasteiger partial charge in [-0.3, -0.25) is 19.3 Å². The number of nitrogens with zero attached hydrogens (tertiary/aromatic N) is 3. The molecule has 1 aliphatic heterocycles. The third kappa shape index (κ3) is 6.58. The van der Waals surface area contributed by atoms with Crippen molar-refractivity contribution in [2.75, 3.05) is 6.54 Å². The smallest absolute Gasteiger partial charge is 0.325 e. The van der Waals surface area contributed by atoms with Crippen LogP contribution in [0.4, 0.5) is 4.79 Å². The van der Waals surface area contributed by atoms with E-state index in [1.54, 1.807) is 13.8 Å². The topological polar surface area (TPSA) is 152 Å². The lowest BCUT2D eigenvalue weighted by Crippen LogP contribution is -2.49. The van der Waals surface area contributed by atoms with E-state index in [1.165, 1.54) is 6.92 Å². The summed E-state index contributed by atoms with van der Waals surface area (Å²) in [5.41, 5.74) is 2.03. The molecule has 4 amide bonds. The van der Waals surface area contributed by atoms with Crippen molar-refractivity contribution in [2.45, 2.75) is 59.0 Å². The second-order valence-corrected chi connectivity index (χ2v) is 8.99. The highest BCUT2D eigenvalue weighted by molar-refractivity contribution is 6.07. The number of aromatic nitrogens is 2. The van der Waals surface area contributed by atoms with Crippen molar-refractivity contribution in [3.8, 4) is 0 Å². The molecule has 1 aliphatic rings. The van der Waals surface area contributed by atoms with E-state index < -0.39 is 42.3 Å². The molecule has 3 rings (SSSR count). The molecule has 0 spiro atoms. The van der Waals surface area contributed by atoms with Crippen molar-refractivity contribution < 1.29 is 28.4 Å². The van der Waals surface area contributed by atoms with Crippen LogP contribution in [-0.4, -0.2) is 63.1 Å². The summed E-state index contributed by atoms with van der Waals surface area (Å²) in [6.45, 7) is 6.27. The number of imide groups is 1. The standard InChI is InChI=1S/C24H29N5O6/c1-13(2)20(21(32)22-28-27-19(35-22)11-16-7-5-6-14(3)10-16)26-18(31)12-29-23(33)17(25-24(29)34)9-8-15(4)30/h5-7,10,13,17,20H,8-9,11-12H2,1-4H3,(H,25,34)(H,26,31). The van der Waals surface area contributed by atoms with Gasteiger partial charge in [-0.1, -0.05) is 43.7 Å². The van der Waals surface area contributed by atoms with Crippen LogP contribution in [0.15, 0.2) is 28.7 Å². The molecule has 2 aromatic rings. The first kappa shape index (κ1) is 25.7. The zero-order valence-electron chi connectivity index (χ0n) is 20.2. The monoisotopic (exact) mass is 483 g/mol. The average Bonchev–Trinajstić information content (AvgIpc) is 3.35. The summed E-state index contributed by atoms with van der Waals surface area (Å²) in [5, 5.41) is 12.8. The molecule has 35 heavy (non-hydrogen) atoms. The van der Waals surface area contributed by atoms with Crippen molar-refractivity contribution in [1.29, 1.82) is 0 Å². The van der Waals surface area contributed by atoms with Gasteiger partial charge in [-0.05, 0) is 31.7 Å². The Bertz CT molecular complexity index is 1140. The first-order valence-corrected chi connectivity index (χ1v) is 11.4. The van der Waals surface area contributed by atoms with E-state index >= 15 is 0 Å². The van der Waals surface area contributed by atoms with Gasteiger partial charge in [0.1, 0.15) is 18.4 Å². The molecule has 0 radical (unpaired) electrons. The quantitative estimate of drug-likeness (QED) is 0.361. The fourth-order valence-electron chi connectivity index (χ4n) is 3.72. The maximum atomic E-state index is 13.0. The SMILES string of the molecule is CC(=O)CCC1NC(=O)N(CC(=O)NC(C(=O)c2nnc(Cc3cccc(C)c3)o2)C(C)C)C1=O. The first-order chi connectivity index (χ1) is 16.5. The van der Waals surface area contributed by atoms with Crippen molar-refractivity contribution in [3.63, 3.8) is 0 Å². The number of carbonyl (C=O) groups is 5. The third-order valence-corrected chi connectivity index (χ3v) is 5.57. The molecule has 11 nitrogen and oxygen atoms in total. The van der Waals surface area contributed by atoms with Crippen LogP contribution in [0.2, 0.25) is 0 Å². The Balaban J connectivity index is 1.62. The summed E-state index contributed by atoms with van der Waals surface area (Å²) in [7, 11) is 0. The molecule has 2 atom stereocenters. The Kier molecular flexibility index (Phi) is 8.10. The van der Waals surface area contributed by atoms with Gasteiger partial charge in [0, 0.05) is 6.42 Å².